The molecule has 18 heavy (non-hydrogen) atoms. The van der Waals surface area contributed by atoms with Crippen LogP contribution in [-0.2, 0) is 10.0 Å². The van der Waals surface area contributed by atoms with Crippen molar-refractivity contribution < 1.29 is 8.42 Å². The van der Waals surface area contributed by atoms with E-state index in [4.69, 9.17) is 0 Å². The Hall–Kier alpha value is -0.910. The van der Waals surface area contributed by atoms with Gasteiger partial charge in [0.15, 0.2) is 0 Å². The summed E-state index contributed by atoms with van der Waals surface area (Å²) < 4.78 is 26.7. The van der Waals surface area contributed by atoms with Crippen molar-refractivity contribution in [2.24, 2.45) is 0 Å². The van der Waals surface area contributed by atoms with Gasteiger partial charge < -0.3 is 5.32 Å². The van der Waals surface area contributed by atoms with Crippen LogP contribution in [0.2, 0.25) is 0 Å². The van der Waals surface area contributed by atoms with E-state index in [0.717, 1.165) is 12.0 Å². The van der Waals surface area contributed by atoms with Crippen molar-refractivity contribution in [3.05, 3.63) is 29.8 Å². The largest absolute Gasteiger partial charge is 0.313 e. The van der Waals surface area contributed by atoms with Crippen LogP contribution in [0, 0.1) is 0 Å². The van der Waals surface area contributed by atoms with E-state index in [9.17, 15) is 8.42 Å². The molecule has 102 valence electrons. The zero-order valence-corrected chi connectivity index (χ0v) is 12.2. The highest BCUT2D eigenvalue weighted by Crippen LogP contribution is 2.16. The molecule has 0 aliphatic heterocycles. The van der Waals surface area contributed by atoms with Crippen LogP contribution in [-0.4, -0.2) is 21.5 Å². The Balaban J connectivity index is 2.91. The van der Waals surface area contributed by atoms with Gasteiger partial charge in [-0.05, 0) is 45.0 Å². The molecule has 0 fully saturated rings. The molecule has 0 bridgehead atoms. The summed E-state index contributed by atoms with van der Waals surface area (Å²) in [5.41, 5.74) is 1.07. The molecule has 1 rings (SSSR count). The van der Waals surface area contributed by atoms with Crippen molar-refractivity contribution in [1.29, 1.82) is 0 Å². The second-order valence-electron chi connectivity index (χ2n) is 4.51. The number of sulfonamides is 1. The van der Waals surface area contributed by atoms with Crippen LogP contribution in [0.1, 0.15) is 38.8 Å². The van der Waals surface area contributed by atoms with Crippen LogP contribution in [0.3, 0.4) is 0 Å². The van der Waals surface area contributed by atoms with E-state index >= 15 is 0 Å². The predicted octanol–water partition coefficient (Wildman–Crippen LogP) is 2.04. The molecule has 0 saturated carbocycles. The zero-order valence-electron chi connectivity index (χ0n) is 11.4. The fraction of sp³-hybridized carbons (Fsp3) is 0.538. The van der Waals surface area contributed by atoms with Gasteiger partial charge in [-0.15, -0.1) is 0 Å². The lowest BCUT2D eigenvalue weighted by Crippen LogP contribution is -2.32. The maximum atomic E-state index is 12.0. The lowest BCUT2D eigenvalue weighted by molar-refractivity contribution is 0.555. The van der Waals surface area contributed by atoms with E-state index in [-0.39, 0.29) is 12.1 Å². The second kappa shape index (κ2) is 6.31. The molecular weight excluding hydrogens is 248 g/mol. The Labute approximate surface area is 110 Å². The van der Waals surface area contributed by atoms with E-state index in [1.54, 1.807) is 12.1 Å². The number of hydrogen-bond donors (Lipinski definition) is 2. The first-order valence-corrected chi connectivity index (χ1v) is 7.68. The average Bonchev–Trinajstić information content (AvgIpc) is 2.37. The highest BCUT2D eigenvalue weighted by molar-refractivity contribution is 7.89. The first-order valence-electron chi connectivity index (χ1n) is 6.20. The first-order chi connectivity index (χ1) is 8.40. The third kappa shape index (κ3) is 3.80. The maximum Gasteiger partial charge on any atom is 0.240 e. The molecule has 0 aliphatic rings. The maximum absolute atomic E-state index is 12.0. The summed E-state index contributed by atoms with van der Waals surface area (Å²) in [7, 11) is -1.52. The van der Waals surface area contributed by atoms with Gasteiger partial charge in [-0.3, -0.25) is 0 Å². The fourth-order valence-electron chi connectivity index (χ4n) is 1.52. The van der Waals surface area contributed by atoms with Crippen LogP contribution < -0.4 is 10.0 Å². The minimum atomic E-state index is -3.39. The molecule has 0 aromatic heterocycles. The van der Waals surface area contributed by atoms with Crippen molar-refractivity contribution in [1.82, 2.24) is 10.0 Å². The normalized spacial score (nSPS) is 15.3. The first kappa shape index (κ1) is 15.1. The predicted molar refractivity (Wildman–Crippen MR) is 74.0 cm³/mol. The molecule has 0 saturated heterocycles. The van der Waals surface area contributed by atoms with Gasteiger partial charge in [0.05, 0.1) is 4.90 Å². The van der Waals surface area contributed by atoms with Crippen LogP contribution in [0.25, 0.3) is 0 Å². The Morgan fingerprint density at radius 2 is 1.72 bits per heavy atom. The Morgan fingerprint density at radius 3 is 2.17 bits per heavy atom. The van der Waals surface area contributed by atoms with Crippen LogP contribution >= 0.6 is 0 Å². The summed E-state index contributed by atoms with van der Waals surface area (Å²) in [6.45, 7) is 5.83. The smallest absolute Gasteiger partial charge is 0.240 e. The standard InChI is InChI=1S/C13H22N2O2S/c1-5-10(2)15-18(16,17)13-8-6-12(7-9-13)11(3)14-4/h6-11,14-15H,5H2,1-4H3. The van der Waals surface area contributed by atoms with Gasteiger partial charge in [-0.25, -0.2) is 13.1 Å². The summed E-state index contributed by atoms with van der Waals surface area (Å²) >= 11 is 0. The molecule has 1 aromatic rings. The van der Waals surface area contributed by atoms with Crippen molar-refractivity contribution >= 4 is 10.0 Å². The van der Waals surface area contributed by atoms with Crippen LogP contribution in [0.15, 0.2) is 29.2 Å². The summed E-state index contributed by atoms with van der Waals surface area (Å²) in [4.78, 5) is 0.315. The zero-order chi connectivity index (χ0) is 13.8. The van der Waals surface area contributed by atoms with E-state index < -0.39 is 10.0 Å². The van der Waals surface area contributed by atoms with E-state index in [0.29, 0.717) is 4.90 Å². The summed E-state index contributed by atoms with van der Waals surface area (Å²) in [5, 5.41) is 3.12. The highest BCUT2D eigenvalue weighted by Gasteiger charge is 2.16. The second-order valence-corrected chi connectivity index (χ2v) is 6.22. The van der Waals surface area contributed by atoms with Gasteiger partial charge in [0.25, 0.3) is 0 Å². The van der Waals surface area contributed by atoms with Crippen molar-refractivity contribution in [2.45, 2.75) is 44.2 Å². The van der Waals surface area contributed by atoms with Gasteiger partial charge in [-0.1, -0.05) is 19.1 Å². The van der Waals surface area contributed by atoms with Gasteiger partial charge in [0, 0.05) is 12.1 Å². The van der Waals surface area contributed by atoms with Crippen molar-refractivity contribution in [3.63, 3.8) is 0 Å². The van der Waals surface area contributed by atoms with Gasteiger partial charge in [0.1, 0.15) is 0 Å². The number of rotatable bonds is 6. The topological polar surface area (TPSA) is 58.2 Å². The van der Waals surface area contributed by atoms with Crippen molar-refractivity contribution in [2.75, 3.05) is 7.05 Å². The number of benzene rings is 1. The van der Waals surface area contributed by atoms with Crippen LogP contribution in [0.4, 0.5) is 0 Å². The molecule has 2 N–H and O–H groups in total. The Morgan fingerprint density at radius 1 is 1.17 bits per heavy atom. The monoisotopic (exact) mass is 270 g/mol. The Bertz CT molecular complexity index is 468. The van der Waals surface area contributed by atoms with E-state index in [2.05, 4.69) is 10.0 Å². The Kier molecular flexibility index (Phi) is 5.31. The minimum Gasteiger partial charge on any atom is -0.313 e. The van der Waals surface area contributed by atoms with Crippen molar-refractivity contribution in [3.8, 4) is 0 Å². The third-order valence-corrected chi connectivity index (χ3v) is 4.70. The summed E-state index contributed by atoms with van der Waals surface area (Å²) in [5.74, 6) is 0. The molecule has 0 aliphatic carbocycles. The molecule has 0 heterocycles. The number of hydrogen-bond acceptors (Lipinski definition) is 3. The molecular formula is C13H22N2O2S. The lowest BCUT2D eigenvalue weighted by Gasteiger charge is -2.14. The fourth-order valence-corrected chi connectivity index (χ4v) is 2.85. The van der Waals surface area contributed by atoms with E-state index in [1.807, 2.05) is 40.0 Å². The lowest BCUT2D eigenvalue weighted by atomic mass is 10.1. The van der Waals surface area contributed by atoms with Gasteiger partial charge in [0.2, 0.25) is 10.0 Å². The summed E-state index contributed by atoms with van der Waals surface area (Å²) in [6.07, 6.45) is 0.772. The number of nitrogens with one attached hydrogen (secondary N) is 2. The minimum absolute atomic E-state index is 0.0501. The summed E-state index contributed by atoms with van der Waals surface area (Å²) in [6, 6.07) is 7.13. The molecule has 0 amide bonds. The molecule has 4 nitrogen and oxygen atoms in total. The molecule has 5 heteroatoms. The molecule has 0 radical (unpaired) electrons. The van der Waals surface area contributed by atoms with Crippen LogP contribution in [0.5, 0.6) is 0 Å². The SMILES string of the molecule is CCC(C)NS(=O)(=O)c1ccc(C(C)NC)cc1. The van der Waals surface area contributed by atoms with Gasteiger partial charge in [-0.2, -0.15) is 0 Å². The quantitative estimate of drug-likeness (QED) is 0.831. The van der Waals surface area contributed by atoms with E-state index in [1.165, 1.54) is 0 Å². The van der Waals surface area contributed by atoms with Gasteiger partial charge >= 0.3 is 0 Å². The molecule has 1 aromatic carbocycles. The molecule has 0 spiro atoms. The molecule has 2 unspecified atom stereocenters. The average molecular weight is 270 g/mol. The third-order valence-electron chi connectivity index (χ3n) is 3.09. The molecule has 2 atom stereocenters. The highest BCUT2D eigenvalue weighted by atomic mass is 32.2.